The lowest BCUT2D eigenvalue weighted by molar-refractivity contribution is 0.242. The molecule has 1 aromatic heterocycles. The van der Waals surface area contributed by atoms with Crippen LogP contribution in [0.3, 0.4) is 0 Å². The largest absolute Gasteiger partial charge is 0.329 e. The topological polar surface area (TPSA) is 72.9 Å². The third-order valence-corrected chi connectivity index (χ3v) is 3.86. The molecule has 7 heteroatoms. The molecule has 2 rings (SSSR count). The fraction of sp³-hybridized carbons (Fsp3) is 0.900. The van der Waals surface area contributed by atoms with Crippen LogP contribution in [0.1, 0.15) is 19.3 Å². The van der Waals surface area contributed by atoms with Crippen molar-refractivity contribution < 1.29 is 0 Å². The highest BCUT2D eigenvalue weighted by atomic mass is 32.2. The molecular formula is C10H20N6S. The predicted molar refractivity (Wildman–Crippen MR) is 67.9 cm³/mol. The lowest BCUT2D eigenvalue weighted by atomic mass is 10.1. The summed E-state index contributed by atoms with van der Waals surface area (Å²) >= 11 is 1.72. The van der Waals surface area contributed by atoms with E-state index in [0.29, 0.717) is 13.1 Å². The number of likely N-dealkylation sites (tertiary alicyclic amines) is 1. The Morgan fingerprint density at radius 1 is 1.18 bits per heavy atom. The Morgan fingerprint density at radius 3 is 2.76 bits per heavy atom. The smallest absolute Gasteiger partial charge is 0.209 e. The van der Waals surface area contributed by atoms with Crippen LogP contribution in [0.2, 0.25) is 0 Å². The Balaban J connectivity index is 1.71. The molecule has 6 nitrogen and oxygen atoms in total. The van der Waals surface area contributed by atoms with E-state index in [-0.39, 0.29) is 0 Å². The third-order valence-electron chi connectivity index (χ3n) is 2.93. The molecule has 0 atom stereocenters. The lowest BCUT2D eigenvalue weighted by Gasteiger charge is -2.25. The number of thioether (sulfide) groups is 1. The SMILES string of the molecule is NCCn1nnnc1SCCN1CCCCC1. The van der Waals surface area contributed by atoms with Crippen molar-refractivity contribution in [3.8, 4) is 0 Å². The maximum absolute atomic E-state index is 5.50. The van der Waals surface area contributed by atoms with Gasteiger partial charge in [-0.15, -0.1) is 5.10 Å². The first-order valence-corrected chi connectivity index (χ1v) is 7.20. The third kappa shape index (κ3) is 3.93. The standard InChI is InChI=1S/C10H20N6S/c11-4-7-16-10(12-13-14-16)17-9-8-15-5-2-1-3-6-15/h1-9,11H2. The molecule has 0 aromatic carbocycles. The van der Waals surface area contributed by atoms with Gasteiger partial charge in [-0.2, -0.15) is 0 Å². The van der Waals surface area contributed by atoms with Crippen LogP contribution in [0, 0.1) is 0 Å². The molecule has 1 fully saturated rings. The Morgan fingerprint density at radius 2 is 2.00 bits per heavy atom. The Labute approximate surface area is 106 Å². The summed E-state index contributed by atoms with van der Waals surface area (Å²) in [6.45, 7) is 4.88. The van der Waals surface area contributed by atoms with Gasteiger partial charge in [0.2, 0.25) is 5.16 Å². The van der Waals surface area contributed by atoms with Crippen molar-refractivity contribution in [2.24, 2.45) is 5.73 Å². The van der Waals surface area contributed by atoms with Crippen molar-refractivity contribution in [1.82, 2.24) is 25.1 Å². The molecule has 17 heavy (non-hydrogen) atoms. The van der Waals surface area contributed by atoms with Crippen molar-refractivity contribution in [2.45, 2.75) is 31.0 Å². The van der Waals surface area contributed by atoms with Gasteiger partial charge in [0.05, 0.1) is 6.54 Å². The van der Waals surface area contributed by atoms with Crippen molar-refractivity contribution in [3.63, 3.8) is 0 Å². The summed E-state index contributed by atoms with van der Waals surface area (Å²) in [6, 6.07) is 0. The molecule has 1 aliphatic rings. The van der Waals surface area contributed by atoms with Gasteiger partial charge >= 0.3 is 0 Å². The van der Waals surface area contributed by atoms with Gasteiger partial charge in [-0.05, 0) is 36.4 Å². The highest BCUT2D eigenvalue weighted by Crippen LogP contribution is 2.15. The number of hydrogen-bond acceptors (Lipinski definition) is 6. The molecule has 96 valence electrons. The zero-order valence-corrected chi connectivity index (χ0v) is 10.9. The Hall–Kier alpha value is -0.660. The first-order chi connectivity index (χ1) is 8.40. The van der Waals surface area contributed by atoms with Crippen LogP contribution >= 0.6 is 11.8 Å². The summed E-state index contributed by atoms with van der Waals surface area (Å²) in [4.78, 5) is 2.52. The van der Waals surface area contributed by atoms with Crippen LogP contribution in [0.5, 0.6) is 0 Å². The normalized spacial score (nSPS) is 17.5. The number of rotatable bonds is 6. The Kier molecular flexibility index (Phi) is 5.21. The van der Waals surface area contributed by atoms with Crippen LogP contribution in [0.15, 0.2) is 5.16 Å². The summed E-state index contributed by atoms with van der Waals surface area (Å²) in [5.41, 5.74) is 5.50. The fourth-order valence-electron chi connectivity index (χ4n) is 2.01. The van der Waals surface area contributed by atoms with E-state index in [2.05, 4.69) is 20.4 Å². The summed E-state index contributed by atoms with van der Waals surface area (Å²) in [5, 5.41) is 12.5. The van der Waals surface area contributed by atoms with Gasteiger partial charge in [0.25, 0.3) is 0 Å². The first-order valence-electron chi connectivity index (χ1n) is 6.21. The van der Waals surface area contributed by atoms with Crippen LogP contribution in [-0.2, 0) is 6.54 Å². The molecule has 1 aliphatic heterocycles. The van der Waals surface area contributed by atoms with Crippen molar-refractivity contribution in [2.75, 3.05) is 31.9 Å². The summed E-state index contributed by atoms with van der Waals surface area (Å²) in [6.07, 6.45) is 4.07. The molecule has 0 radical (unpaired) electrons. The number of nitrogens with zero attached hydrogens (tertiary/aromatic N) is 5. The van der Waals surface area contributed by atoms with E-state index in [4.69, 9.17) is 5.73 Å². The average molecular weight is 256 g/mol. The molecule has 1 saturated heterocycles. The minimum absolute atomic E-state index is 0.574. The summed E-state index contributed by atoms with van der Waals surface area (Å²) in [7, 11) is 0. The number of aromatic nitrogens is 4. The number of hydrogen-bond donors (Lipinski definition) is 1. The maximum atomic E-state index is 5.50. The maximum Gasteiger partial charge on any atom is 0.209 e. The fourth-order valence-corrected chi connectivity index (χ4v) is 2.91. The number of piperidine rings is 1. The second-order valence-electron chi connectivity index (χ2n) is 4.22. The van der Waals surface area contributed by atoms with Gasteiger partial charge in [-0.25, -0.2) is 4.68 Å². The summed E-state index contributed by atoms with van der Waals surface area (Å²) < 4.78 is 1.78. The van der Waals surface area contributed by atoms with Crippen LogP contribution in [-0.4, -0.2) is 57.0 Å². The van der Waals surface area contributed by atoms with Crippen LogP contribution < -0.4 is 5.73 Å². The van der Waals surface area contributed by atoms with Gasteiger partial charge in [0.1, 0.15) is 0 Å². The molecule has 0 spiro atoms. The number of nitrogens with two attached hydrogens (primary N) is 1. The average Bonchev–Trinajstić information content (AvgIpc) is 2.79. The zero-order valence-electron chi connectivity index (χ0n) is 10.1. The molecule has 0 aliphatic carbocycles. The van der Waals surface area contributed by atoms with Crippen LogP contribution in [0.4, 0.5) is 0 Å². The quantitative estimate of drug-likeness (QED) is 0.734. The van der Waals surface area contributed by atoms with Gasteiger partial charge < -0.3 is 10.6 Å². The van der Waals surface area contributed by atoms with E-state index in [0.717, 1.165) is 17.5 Å². The van der Waals surface area contributed by atoms with E-state index < -0.39 is 0 Å². The second kappa shape index (κ2) is 6.93. The highest BCUT2D eigenvalue weighted by molar-refractivity contribution is 7.99. The lowest BCUT2D eigenvalue weighted by Crippen LogP contribution is -2.31. The monoisotopic (exact) mass is 256 g/mol. The molecule has 1 aromatic rings. The van der Waals surface area contributed by atoms with Gasteiger partial charge in [0.15, 0.2) is 0 Å². The zero-order chi connectivity index (χ0) is 11.9. The molecule has 0 unspecified atom stereocenters. The molecular weight excluding hydrogens is 236 g/mol. The van der Waals surface area contributed by atoms with Gasteiger partial charge in [-0.1, -0.05) is 18.2 Å². The van der Waals surface area contributed by atoms with Crippen molar-refractivity contribution >= 4 is 11.8 Å². The van der Waals surface area contributed by atoms with E-state index in [9.17, 15) is 0 Å². The second-order valence-corrected chi connectivity index (χ2v) is 5.29. The number of tetrazole rings is 1. The highest BCUT2D eigenvalue weighted by Gasteiger charge is 2.11. The van der Waals surface area contributed by atoms with Gasteiger partial charge in [-0.3, -0.25) is 0 Å². The molecule has 0 bridgehead atoms. The first kappa shape index (κ1) is 12.8. The Bertz CT molecular complexity index is 322. The summed E-state index contributed by atoms with van der Waals surface area (Å²) in [5.74, 6) is 1.05. The van der Waals surface area contributed by atoms with E-state index >= 15 is 0 Å². The van der Waals surface area contributed by atoms with E-state index in [1.807, 2.05) is 0 Å². The van der Waals surface area contributed by atoms with E-state index in [1.165, 1.54) is 32.4 Å². The minimum atomic E-state index is 0.574. The molecule has 0 amide bonds. The predicted octanol–water partition coefficient (Wildman–Crippen LogP) is 0.210. The van der Waals surface area contributed by atoms with Crippen LogP contribution in [0.25, 0.3) is 0 Å². The van der Waals surface area contributed by atoms with Crippen molar-refractivity contribution in [3.05, 3.63) is 0 Å². The molecule has 2 N–H and O–H groups in total. The van der Waals surface area contributed by atoms with E-state index in [1.54, 1.807) is 16.4 Å². The molecule has 2 heterocycles. The van der Waals surface area contributed by atoms with Gasteiger partial charge in [0, 0.05) is 18.8 Å². The van der Waals surface area contributed by atoms with Crippen molar-refractivity contribution in [1.29, 1.82) is 0 Å². The minimum Gasteiger partial charge on any atom is -0.329 e. The molecule has 0 saturated carbocycles.